The van der Waals surface area contributed by atoms with Gasteiger partial charge in [-0.3, -0.25) is 0 Å². The molecule has 6 heteroatoms. The van der Waals surface area contributed by atoms with E-state index in [0.29, 0.717) is 16.9 Å². The molecule has 1 fully saturated rings. The van der Waals surface area contributed by atoms with Gasteiger partial charge in [0.25, 0.3) is 0 Å². The van der Waals surface area contributed by atoms with Crippen molar-refractivity contribution >= 4 is 6.08 Å². The quantitative estimate of drug-likeness (QED) is 0.508. The topological polar surface area (TPSA) is 27.7 Å². The van der Waals surface area contributed by atoms with Crippen LogP contribution >= 0.6 is 0 Å². The van der Waals surface area contributed by atoms with Gasteiger partial charge in [0.1, 0.15) is 17.6 Å². The molecule has 1 heterocycles. The number of alkyl halides is 3. The molecule has 3 aromatic rings. The molecule has 0 aromatic heterocycles. The molecule has 0 radical (unpaired) electrons. The predicted molar refractivity (Wildman–Crippen MR) is 106 cm³/mol. The van der Waals surface area contributed by atoms with Gasteiger partial charge in [-0.05, 0) is 17.7 Å². The summed E-state index contributed by atoms with van der Waals surface area (Å²) >= 11 is 0. The van der Waals surface area contributed by atoms with Crippen molar-refractivity contribution < 1.29 is 27.4 Å². The van der Waals surface area contributed by atoms with Gasteiger partial charge in [0.2, 0.25) is 0 Å². The lowest BCUT2D eigenvalue weighted by molar-refractivity contribution is -0.354. The van der Waals surface area contributed by atoms with Crippen LogP contribution in [0.2, 0.25) is 0 Å². The summed E-state index contributed by atoms with van der Waals surface area (Å²) in [5.74, 6) is -2.47. The Morgan fingerprint density at radius 1 is 0.867 bits per heavy atom. The Kier molecular flexibility index (Phi) is 5.26. The third-order valence-electron chi connectivity index (χ3n) is 4.86. The third kappa shape index (κ3) is 3.55. The molecule has 1 saturated heterocycles. The Morgan fingerprint density at radius 3 is 2.10 bits per heavy atom. The highest BCUT2D eigenvalue weighted by atomic mass is 19.4. The van der Waals surface area contributed by atoms with Crippen molar-refractivity contribution in [3.8, 4) is 5.75 Å². The van der Waals surface area contributed by atoms with Crippen LogP contribution < -0.4 is 4.74 Å². The first kappa shape index (κ1) is 20.0. The molecule has 1 aliphatic rings. The Labute approximate surface area is 172 Å². The van der Waals surface area contributed by atoms with E-state index in [1.807, 2.05) is 6.07 Å². The van der Waals surface area contributed by atoms with Gasteiger partial charge in [0.15, 0.2) is 0 Å². The summed E-state index contributed by atoms with van der Waals surface area (Å²) in [6.07, 6.45) is -4.36. The fraction of sp³-hybridized carbons (Fsp3) is 0.167. The van der Waals surface area contributed by atoms with E-state index in [0.717, 1.165) is 0 Å². The van der Waals surface area contributed by atoms with Crippen LogP contribution in [0.1, 0.15) is 22.8 Å². The van der Waals surface area contributed by atoms with Crippen molar-refractivity contribution in [3.63, 3.8) is 0 Å². The Hall–Kier alpha value is -3.25. The van der Waals surface area contributed by atoms with E-state index in [2.05, 4.69) is 0 Å². The van der Waals surface area contributed by atoms with Crippen molar-refractivity contribution in [1.29, 1.82) is 0 Å². The zero-order valence-electron chi connectivity index (χ0n) is 16.1. The minimum absolute atomic E-state index is 0.0480. The van der Waals surface area contributed by atoms with Crippen LogP contribution in [0.25, 0.3) is 6.08 Å². The minimum atomic E-state index is -4.82. The molecule has 0 amide bonds. The van der Waals surface area contributed by atoms with E-state index >= 15 is 0 Å². The van der Waals surface area contributed by atoms with Gasteiger partial charge < -0.3 is 14.2 Å². The molecule has 154 valence electrons. The summed E-state index contributed by atoms with van der Waals surface area (Å²) in [7, 11) is 1.46. The summed E-state index contributed by atoms with van der Waals surface area (Å²) < 4.78 is 59.8. The molecular formula is C24H19F3O3. The number of para-hydroxylation sites is 1. The van der Waals surface area contributed by atoms with Crippen LogP contribution in [0, 0.1) is 0 Å². The first-order valence-electron chi connectivity index (χ1n) is 9.33. The van der Waals surface area contributed by atoms with Crippen molar-refractivity contribution in [2.45, 2.75) is 18.1 Å². The molecule has 2 atom stereocenters. The van der Waals surface area contributed by atoms with Crippen LogP contribution in [-0.4, -0.2) is 13.3 Å². The highest BCUT2D eigenvalue weighted by Gasteiger charge is 2.66. The summed E-state index contributed by atoms with van der Waals surface area (Å²) in [5.41, 5.74) is 1.01. The van der Waals surface area contributed by atoms with E-state index in [9.17, 15) is 13.2 Å². The number of hydrogen-bond donors (Lipinski definition) is 0. The van der Waals surface area contributed by atoms with Gasteiger partial charge in [-0.25, -0.2) is 0 Å². The molecule has 0 aliphatic carbocycles. The fourth-order valence-electron chi connectivity index (χ4n) is 3.46. The number of ether oxygens (including phenoxy) is 3. The number of rotatable bonds is 4. The molecule has 0 saturated carbocycles. The SMILES string of the molecule is COc1ccccc1C1OC(c2ccccc2)(C(F)(F)F)O/C1=C\c1ccccc1. The average Bonchev–Trinajstić information content (AvgIpc) is 3.15. The van der Waals surface area contributed by atoms with E-state index in [1.165, 1.54) is 31.4 Å². The lowest BCUT2D eigenvalue weighted by Gasteiger charge is -2.30. The second-order valence-electron chi connectivity index (χ2n) is 6.78. The largest absolute Gasteiger partial charge is 0.496 e. The summed E-state index contributed by atoms with van der Waals surface area (Å²) in [6, 6.07) is 23.2. The highest BCUT2D eigenvalue weighted by Crippen LogP contribution is 2.55. The molecular weight excluding hydrogens is 393 g/mol. The second kappa shape index (κ2) is 7.88. The van der Waals surface area contributed by atoms with Crippen molar-refractivity contribution in [2.24, 2.45) is 0 Å². The van der Waals surface area contributed by atoms with Gasteiger partial charge in [-0.1, -0.05) is 78.9 Å². The van der Waals surface area contributed by atoms with Crippen LogP contribution in [0.3, 0.4) is 0 Å². The fourth-order valence-corrected chi connectivity index (χ4v) is 3.46. The smallest absolute Gasteiger partial charge is 0.460 e. The molecule has 30 heavy (non-hydrogen) atoms. The van der Waals surface area contributed by atoms with Gasteiger partial charge in [0.05, 0.1) is 7.11 Å². The summed E-state index contributed by atoms with van der Waals surface area (Å²) in [6.45, 7) is 0. The Balaban J connectivity index is 1.90. The lowest BCUT2D eigenvalue weighted by Crippen LogP contribution is -2.43. The highest BCUT2D eigenvalue weighted by molar-refractivity contribution is 5.55. The lowest BCUT2D eigenvalue weighted by atomic mass is 10.0. The average molecular weight is 412 g/mol. The van der Waals surface area contributed by atoms with Gasteiger partial charge in [-0.2, -0.15) is 13.2 Å². The van der Waals surface area contributed by atoms with Crippen molar-refractivity contribution in [2.75, 3.05) is 7.11 Å². The number of benzene rings is 3. The molecule has 2 unspecified atom stereocenters. The molecule has 3 aromatic carbocycles. The van der Waals surface area contributed by atoms with Crippen LogP contribution in [0.15, 0.2) is 90.7 Å². The first-order chi connectivity index (χ1) is 14.4. The Bertz CT molecular complexity index is 1030. The number of hydrogen-bond acceptors (Lipinski definition) is 3. The third-order valence-corrected chi connectivity index (χ3v) is 4.86. The standard InChI is InChI=1S/C24H19F3O3/c1-28-20-15-9-8-14-19(20)22-21(16-17-10-4-2-5-11-17)29-23(30-22,24(25,26)27)18-12-6-3-7-13-18/h2-16,22H,1H3/b21-16-. The molecule has 4 rings (SSSR count). The van der Waals surface area contributed by atoms with Crippen LogP contribution in [0.5, 0.6) is 5.75 Å². The Morgan fingerprint density at radius 2 is 1.47 bits per heavy atom. The summed E-state index contributed by atoms with van der Waals surface area (Å²) in [4.78, 5) is 0. The van der Waals surface area contributed by atoms with E-state index in [-0.39, 0.29) is 11.3 Å². The predicted octanol–water partition coefficient (Wildman–Crippen LogP) is 6.24. The van der Waals surface area contributed by atoms with Crippen molar-refractivity contribution in [3.05, 3.63) is 107 Å². The summed E-state index contributed by atoms with van der Waals surface area (Å²) in [5, 5.41) is 0. The van der Waals surface area contributed by atoms with Crippen molar-refractivity contribution in [1.82, 2.24) is 0 Å². The van der Waals surface area contributed by atoms with Gasteiger partial charge in [0, 0.05) is 11.1 Å². The van der Waals surface area contributed by atoms with Gasteiger partial charge in [-0.15, -0.1) is 0 Å². The molecule has 0 spiro atoms. The minimum Gasteiger partial charge on any atom is -0.496 e. The maximum absolute atomic E-state index is 14.4. The molecule has 3 nitrogen and oxygen atoms in total. The maximum Gasteiger partial charge on any atom is 0.460 e. The maximum atomic E-state index is 14.4. The molecule has 0 bridgehead atoms. The first-order valence-corrected chi connectivity index (χ1v) is 9.33. The monoisotopic (exact) mass is 412 g/mol. The van der Waals surface area contributed by atoms with E-state index in [1.54, 1.807) is 60.7 Å². The van der Waals surface area contributed by atoms with E-state index in [4.69, 9.17) is 14.2 Å². The van der Waals surface area contributed by atoms with E-state index < -0.39 is 18.1 Å². The normalized spacial score (nSPS) is 22.7. The van der Waals surface area contributed by atoms with Crippen LogP contribution in [-0.2, 0) is 15.3 Å². The number of methoxy groups -OCH3 is 1. The van der Waals surface area contributed by atoms with Gasteiger partial charge >= 0.3 is 12.0 Å². The number of halogens is 3. The molecule has 0 N–H and O–H groups in total. The van der Waals surface area contributed by atoms with Crippen LogP contribution in [0.4, 0.5) is 13.2 Å². The second-order valence-corrected chi connectivity index (χ2v) is 6.78. The molecule has 1 aliphatic heterocycles. The zero-order valence-corrected chi connectivity index (χ0v) is 16.1. The zero-order chi connectivity index (χ0) is 21.2.